The number of nitrogens with one attached hydrogen (secondary N) is 1. The van der Waals surface area contributed by atoms with Crippen molar-refractivity contribution in [3.05, 3.63) is 30.1 Å². The van der Waals surface area contributed by atoms with Crippen molar-refractivity contribution in [1.82, 2.24) is 4.90 Å². The van der Waals surface area contributed by atoms with Crippen LogP contribution >= 0.6 is 0 Å². The average Bonchev–Trinajstić information content (AvgIpc) is 2.55. The van der Waals surface area contributed by atoms with Crippen LogP contribution in [0.5, 0.6) is 0 Å². The van der Waals surface area contributed by atoms with Crippen LogP contribution in [0, 0.1) is 11.7 Å². The average molecular weight is 306 g/mol. The Bertz CT molecular complexity index is 508. The molecule has 1 aromatic rings. The molecular weight excluding hydrogens is 283 g/mol. The first-order valence-electron chi connectivity index (χ1n) is 7.94. The summed E-state index contributed by atoms with van der Waals surface area (Å²) >= 11 is 0. The van der Waals surface area contributed by atoms with E-state index in [1.54, 1.807) is 12.1 Å². The molecule has 0 spiro atoms. The number of rotatable bonds is 5. The van der Waals surface area contributed by atoms with Gasteiger partial charge >= 0.3 is 0 Å². The number of unbranched alkanes of at least 4 members (excludes halogenated alkanes) is 1. The van der Waals surface area contributed by atoms with Gasteiger partial charge in [-0.1, -0.05) is 13.3 Å². The first kappa shape index (κ1) is 16.5. The fourth-order valence-corrected chi connectivity index (χ4v) is 2.65. The third kappa shape index (κ3) is 4.55. The number of hydrogen-bond acceptors (Lipinski definition) is 2. The number of anilines is 1. The first-order chi connectivity index (χ1) is 10.6. The smallest absolute Gasteiger partial charge is 0.227 e. The summed E-state index contributed by atoms with van der Waals surface area (Å²) < 4.78 is 12.8. The molecule has 0 radical (unpaired) electrons. The summed E-state index contributed by atoms with van der Waals surface area (Å²) in [5.74, 6) is -0.260. The maximum absolute atomic E-state index is 12.8. The van der Waals surface area contributed by atoms with Crippen LogP contribution in [-0.2, 0) is 9.59 Å². The van der Waals surface area contributed by atoms with E-state index in [9.17, 15) is 14.0 Å². The van der Waals surface area contributed by atoms with Gasteiger partial charge in [0.15, 0.2) is 0 Å². The number of halogens is 1. The maximum Gasteiger partial charge on any atom is 0.227 e. The SMILES string of the molecule is CCCCC(=O)N1CCC(C(=O)Nc2ccc(F)cc2)CC1. The fraction of sp³-hybridized carbons (Fsp3) is 0.529. The maximum atomic E-state index is 12.8. The zero-order chi connectivity index (χ0) is 15.9. The molecule has 1 fully saturated rings. The number of likely N-dealkylation sites (tertiary alicyclic amines) is 1. The van der Waals surface area contributed by atoms with E-state index in [0.717, 1.165) is 12.8 Å². The molecule has 0 bridgehead atoms. The molecule has 0 aromatic heterocycles. The van der Waals surface area contributed by atoms with Gasteiger partial charge in [-0.15, -0.1) is 0 Å². The van der Waals surface area contributed by atoms with Crippen LogP contribution in [-0.4, -0.2) is 29.8 Å². The highest BCUT2D eigenvalue weighted by molar-refractivity contribution is 5.92. The van der Waals surface area contributed by atoms with Crippen LogP contribution in [0.25, 0.3) is 0 Å². The second-order valence-electron chi connectivity index (χ2n) is 5.75. The Morgan fingerprint density at radius 1 is 1.23 bits per heavy atom. The number of hydrogen-bond donors (Lipinski definition) is 1. The Morgan fingerprint density at radius 2 is 1.86 bits per heavy atom. The van der Waals surface area contributed by atoms with Crippen molar-refractivity contribution >= 4 is 17.5 Å². The Labute approximate surface area is 130 Å². The Balaban J connectivity index is 1.79. The summed E-state index contributed by atoms with van der Waals surface area (Å²) in [5, 5.41) is 2.81. The Kier molecular flexibility index (Phi) is 5.92. The third-order valence-electron chi connectivity index (χ3n) is 4.07. The minimum absolute atomic E-state index is 0.0488. The highest BCUT2D eigenvalue weighted by Gasteiger charge is 2.27. The van der Waals surface area contributed by atoms with Gasteiger partial charge in [0.25, 0.3) is 0 Å². The summed E-state index contributed by atoms with van der Waals surface area (Å²) in [6.07, 6.45) is 3.91. The number of amides is 2. The second-order valence-corrected chi connectivity index (χ2v) is 5.75. The van der Waals surface area contributed by atoms with Crippen LogP contribution in [0.3, 0.4) is 0 Å². The topological polar surface area (TPSA) is 49.4 Å². The Morgan fingerprint density at radius 3 is 2.45 bits per heavy atom. The summed E-state index contributed by atoms with van der Waals surface area (Å²) in [6.45, 7) is 3.35. The van der Waals surface area contributed by atoms with Crippen molar-refractivity contribution < 1.29 is 14.0 Å². The predicted octanol–water partition coefficient (Wildman–Crippen LogP) is 3.19. The lowest BCUT2D eigenvalue weighted by Crippen LogP contribution is -2.41. The molecule has 1 aliphatic heterocycles. The van der Waals surface area contributed by atoms with Gasteiger partial charge in [-0.2, -0.15) is 0 Å². The Hall–Kier alpha value is -1.91. The molecule has 22 heavy (non-hydrogen) atoms. The molecule has 1 heterocycles. The van der Waals surface area contributed by atoms with Gasteiger partial charge in [0, 0.05) is 31.1 Å². The molecular formula is C17H23FN2O2. The largest absolute Gasteiger partial charge is 0.343 e. The minimum Gasteiger partial charge on any atom is -0.343 e. The van der Waals surface area contributed by atoms with Crippen molar-refractivity contribution in [2.75, 3.05) is 18.4 Å². The van der Waals surface area contributed by atoms with Gasteiger partial charge < -0.3 is 10.2 Å². The van der Waals surface area contributed by atoms with Gasteiger partial charge in [0.1, 0.15) is 5.82 Å². The lowest BCUT2D eigenvalue weighted by atomic mass is 9.95. The monoisotopic (exact) mass is 306 g/mol. The highest BCUT2D eigenvalue weighted by Crippen LogP contribution is 2.20. The first-order valence-corrected chi connectivity index (χ1v) is 7.94. The summed E-state index contributed by atoms with van der Waals surface area (Å²) in [4.78, 5) is 26.0. The van der Waals surface area contributed by atoms with Crippen LogP contribution in [0.1, 0.15) is 39.0 Å². The molecule has 5 heteroatoms. The summed E-state index contributed by atoms with van der Waals surface area (Å²) in [6, 6.07) is 5.75. The van der Waals surface area contributed by atoms with Gasteiger partial charge in [0.2, 0.25) is 11.8 Å². The van der Waals surface area contributed by atoms with Gasteiger partial charge in [-0.3, -0.25) is 9.59 Å². The standard InChI is InChI=1S/C17H23FN2O2/c1-2-3-4-16(21)20-11-9-13(10-12-20)17(22)19-15-7-5-14(18)6-8-15/h5-8,13H,2-4,9-12H2,1H3,(H,19,22). The van der Waals surface area contributed by atoms with E-state index in [2.05, 4.69) is 12.2 Å². The van der Waals surface area contributed by atoms with Gasteiger partial charge in [-0.25, -0.2) is 4.39 Å². The van der Waals surface area contributed by atoms with Crippen molar-refractivity contribution in [3.8, 4) is 0 Å². The van der Waals surface area contributed by atoms with Crippen molar-refractivity contribution in [1.29, 1.82) is 0 Å². The van der Waals surface area contributed by atoms with Crippen molar-refractivity contribution in [2.45, 2.75) is 39.0 Å². The fourth-order valence-electron chi connectivity index (χ4n) is 2.65. The van der Waals surface area contributed by atoms with Crippen molar-refractivity contribution in [2.24, 2.45) is 5.92 Å². The number of nitrogens with zero attached hydrogens (tertiary/aromatic N) is 1. The molecule has 0 atom stereocenters. The molecule has 120 valence electrons. The zero-order valence-electron chi connectivity index (χ0n) is 13.0. The van der Waals surface area contributed by atoms with Gasteiger partial charge in [-0.05, 0) is 43.5 Å². The highest BCUT2D eigenvalue weighted by atomic mass is 19.1. The molecule has 1 N–H and O–H groups in total. The van der Waals surface area contributed by atoms with E-state index in [1.807, 2.05) is 4.90 Å². The number of benzene rings is 1. The lowest BCUT2D eigenvalue weighted by Gasteiger charge is -2.31. The van der Waals surface area contributed by atoms with Crippen molar-refractivity contribution in [3.63, 3.8) is 0 Å². The van der Waals surface area contributed by atoms with E-state index in [4.69, 9.17) is 0 Å². The van der Waals surface area contributed by atoms with Crippen LogP contribution in [0.4, 0.5) is 10.1 Å². The molecule has 2 rings (SSSR count). The predicted molar refractivity (Wildman–Crippen MR) is 83.9 cm³/mol. The lowest BCUT2D eigenvalue weighted by molar-refractivity contribution is -0.134. The molecule has 1 saturated heterocycles. The van der Waals surface area contributed by atoms with E-state index in [1.165, 1.54) is 12.1 Å². The van der Waals surface area contributed by atoms with Gasteiger partial charge in [0.05, 0.1) is 0 Å². The molecule has 1 aliphatic rings. The summed E-state index contributed by atoms with van der Waals surface area (Å²) in [5.41, 5.74) is 0.604. The molecule has 1 aromatic carbocycles. The minimum atomic E-state index is -0.322. The van der Waals surface area contributed by atoms with E-state index in [-0.39, 0.29) is 23.5 Å². The van der Waals surface area contributed by atoms with Crippen LogP contribution in [0.2, 0.25) is 0 Å². The molecule has 4 nitrogen and oxygen atoms in total. The normalized spacial score (nSPS) is 15.6. The van der Waals surface area contributed by atoms with E-state index < -0.39 is 0 Å². The molecule has 0 aliphatic carbocycles. The third-order valence-corrected chi connectivity index (χ3v) is 4.07. The van der Waals surface area contributed by atoms with E-state index >= 15 is 0 Å². The quantitative estimate of drug-likeness (QED) is 0.908. The second kappa shape index (κ2) is 7.92. The summed E-state index contributed by atoms with van der Waals surface area (Å²) in [7, 11) is 0. The molecule has 0 unspecified atom stereocenters. The number of piperidine rings is 1. The number of carbonyl (C=O) groups excluding carboxylic acids is 2. The van der Waals surface area contributed by atoms with E-state index in [0.29, 0.717) is 38.0 Å². The molecule has 2 amide bonds. The van der Waals surface area contributed by atoms with Crippen LogP contribution < -0.4 is 5.32 Å². The zero-order valence-corrected chi connectivity index (χ0v) is 13.0. The van der Waals surface area contributed by atoms with Crippen LogP contribution in [0.15, 0.2) is 24.3 Å². The molecule has 0 saturated carbocycles. The number of carbonyl (C=O) groups is 2.